The van der Waals surface area contributed by atoms with E-state index >= 15 is 0 Å². The van der Waals surface area contributed by atoms with E-state index in [1.54, 1.807) is 36.4 Å². The second-order valence-corrected chi connectivity index (χ2v) is 7.09. The number of nitrogens with zero attached hydrogens (tertiary/aromatic N) is 1. The molecule has 4 nitrogen and oxygen atoms in total. The maximum Gasteiger partial charge on any atom is 0.251 e. The average molecular weight is 414 g/mol. The Hall–Kier alpha value is -3.91. The topological polar surface area (TPSA) is 49.4 Å². The summed E-state index contributed by atoms with van der Waals surface area (Å²) in [7, 11) is 0. The van der Waals surface area contributed by atoms with Gasteiger partial charge in [-0.3, -0.25) is 9.59 Å². The summed E-state index contributed by atoms with van der Waals surface area (Å²) in [5.41, 5.74) is 2.11. The monoisotopic (exact) mass is 414 g/mol. The normalized spacial score (nSPS) is 11.2. The van der Waals surface area contributed by atoms with E-state index < -0.39 is 6.04 Å². The van der Waals surface area contributed by atoms with Crippen LogP contribution in [0.3, 0.4) is 0 Å². The van der Waals surface area contributed by atoms with E-state index in [1.807, 2.05) is 36.4 Å². The van der Waals surface area contributed by atoms with Crippen molar-refractivity contribution in [3.8, 4) is 12.3 Å². The molecule has 1 N–H and O–H groups in total. The van der Waals surface area contributed by atoms with Crippen molar-refractivity contribution in [1.29, 1.82) is 0 Å². The van der Waals surface area contributed by atoms with Gasteiger partial charge in [-0.05, 0) is 35.4 Å². The van der Waals surface area contributed by atoms with Crippen LogP contribution in [0.5, 0.6) is 0 Å². The molecule has 3 aromatic rings. The van der Waals surface area contributed by atoms with E-state index in [-0.39, 0.29) is 37.1 Å². The second kappa shape index (κ2) is 10.7. The largest absolute Gasteiger partial charge is 0.345 e. The minimum atomic E-state index is -0.519. The Kier molecular flexibility index (Phi) is 7.56. The van der Waals surface area contributed by atoms with Gasteiger partial charge in [0.25, 0.3) is 5.91 Å². The first-order chi connectivity index (χ1) is 15.1. The summed E-state index contributed by atoms with van der Waals surface area (Å²) in [6.45, 7) is 0.377. The molecular weight excluding hydrogens is 391 g/mol. The summed E-state index contributed by atoms with van der Waals surface area (Å²) < 4.78 is 13.2. The van der Waals surface area contributed by atoms with Gasteiger partial charge in [0.1, 0.15) is 5.82 Å². The van der Waals surface area contributed by atoms with Crippen molar-refractivity contribution < 1.29 is 14.0 Å². The number of benzene rings is 3. The zero-order valence-corrected chi connectivity index (χ0v) is 17.0. The van der Waals surface area contributed by atoms with Gasteiger partial charge < -0.3 is 10.2 Å². The van der Waals surface area contributed by atoms with Crippen LogP contribution in [-0.4, -0.2) is 23.3 Å². The molecule has 31 heavy (non-hydrogen) atoms. The fraction of sp³-hybridized carbons (Fsp3) is 0.154. The lowest BCUT2D eigenvalue weighted by Gasteiger charge is -2.25. The molecule has 0 saturated carbocycles. The van der Waals surface area contributed by atoms with Crippen molar-refractivity contribution >= 4 is 11.8 Å². The summed E-state index contributed by atoms with van der Waals surface area (Å²) >= 11 is 0. The number of carbonyl (C=O) groups is 2. The molecule has 0 saturated heterocycles. The van der Waals surface area contributed by atoms with E-state index in [0.717, 1.165) is 11.1 Å². The van der Waals surface area contributed by atoms with Gasteiger partial charge in [0, 0.05) is 12.1 Å². The minimum absolute atomic E-state index is 0.0471. The Morgan fingerprint density at radius 2 is 1.55 bits per heavy atom. The van der Waals surface area contributed by atoms with Crippen LogP contribution in [0.1, 0.15) is 33.9 Å². The number of halogens is 1. The SMILES string of the molecule is C#CCN(Cc1ccc(F)cc1)C(=O)C[C@H](NC(=O)c1ccccc1)c1ccccc1. The highest BCUT2D eigenvalue weighted by Crippen LogP contribution is 2.20. The number of hydrogen-bond donors (Lipinski definition) is 1. The molecule has 0 bridgehead atoms. The quantitative estimate of drug-likeness (QED) is 0.557. The van der Waals surface area contributed by atoms with E-state index in [1.165, 1.54) is 17.0 Å². The Morgan fingerprint density at radius 1 is 0.935 bits per heavy atom. The van der Waals surface area contributed by atoms with Crippen LogP contribution in [0.25, 0.3) is 0 Å². The van der Waals surface area contributed by atoms with E-state index in [9.17, 15) is 14.0 Å². The van der Waals surface area contributed by atoms with Crippen molar-refractivity contribution in [2.75, 3.05) is 6.54 Å². The highest BCUT2D eigenvalue weighted by molar-refractivity contribution is 5.94. The summed E-state index contributed by atoms with van der Waals surface area (Å²) in [6, 6.07) is 23.6. The van der Waals surface area contributed by atoms with Crippen LogP contribution < -0.4 is 5.32 Å². The van der Waals surface area contributed by atoms with Crippen LogP contribution >= 0.6 is 0 Å². The zero-order valence-electron chi connectivity index (χ0n) is 17.0. The third-order valence-electron chi connectivity index (χ3n) is 4.84. The second-order valence-electron chi connectivity index (χ2n) is 7.09. The summed E-state index contributed by atoms with van der Waals surface area (Å²) in [5.74, 6) is 1.70. The predicted molar refractivity (Wildman–Crippen MR) is 118 cm³/mol. The van der Waals surface area contributed by atoms with Crippen LogP contribution in [0.15, 0.2) is 84.9 Å². The van der Waals surface area contributed by atoms with Gasteiger partial charge in [0.15, 0.2) is 0 Å². The van der Waals surface area contributed by atoms with Gasteiger partial charge in [0.05, 0.1) is 19.0 Å². The average Bonchev–Trinajstić information content (AvgIpc) is 2.80. The third kappa shape index (κ3) is 6.28. The molecule has 5 heteroatoms. The molecule has 156 valence electrons. The van der Waals surface area contributed by atoms with Gasteiger partial charge >= 0.3 is 0 Å². The lowest BCUT2D eigenvalue weighted by atomic mass is 10.0. The van der Waals surface area contributed by atoms with Crippen molar-refractivity contribution in [3.63, 3.8) is 0 Å². The molecule has 0 unspecified atom stereocenters. The number of terminal acetylenes is 1. The number of carbonyl (C=O) groups excluding carboxylic acids is 2. The predicted octanol–water partition coefficient (Wildman–Crippen LogP) is 4.35. The fourth-order valence-electron chi connectivity index (χ4n) is 3.23. The van der Waals surface area contributed by atoms with Crippen LogP contribution in [0.4, 0.5) is 4.39 Å². The molecule has 0 spiro atoms. The van der Waals surface area contributed by atoms with Gasteiger partial charge in [-0.2, -0.15) is 0 Å². The Balaban J connectivity index is 1.78. The zero-order chi connectivity index (χ0) is 22.1. The van der Waals surface area contributed by atoms with Gasteiger partial charge in [-0.1, -0.05) is 66.6 Å². The summed E-state index contributed by atoms with van der Waals surface area (Å²) in [6.07, 6.45) is 5.52. The molecule has 0 aliphatic heterocycles. The minimum Gasteiger partial charge on any atom is -0.345 e. The lowest BCUT2D eigenvalue weighted by Crippen LogP contribution is -2.36. The van der Waals surface area contributed by atoms with Crippen molar-refractivity contribution in [3.05, 3.63) is 107 Å². The lowest BCUT2D eigenvalue weighted by molar-refractivity contribution is -0.131. The molecular formula is C26H23FN2O2. The maximum absolute atomic E-state index is 13.2. The van der Waals surface area contributed by atoms with Gasteiger partial charge in [-0.25, -0.2) is 4.39 Å². The van der Waals surface area contributed by atoms with Crippen LogP contribution in [-0.2, 0) is 11.3 Å². The Morgan fingerprint density at radius 3 is 2.16 bits per heavy atom. The molecule has 1 atom stereocenters. The molecule has 0 aliphatic carbocycles. The van der Waals surface area contributed by atoms with E-state index in [4.69, 9.17) is 6.42 Å². The standard InChI is InChI=1S/C26H23FN2O2/c1-2-17-29(19-20-13-15-23(27)16-14-20)25(30)18-24(21-9-5-3-6-10-21)28-26(31)22-11-7-4-8-12-22/h1,3-16,24H,17-19H2,(H,28,31)/t24-/m0/s1. The molecule has 0 aliphatic rings. The van der Waals surface area contributed by atoms with Crippen LogP contribution in [0.2, 0.25) is 0 Å². The number of hydrogen-bond acceptors (Lipinski definition) is 2. The summed E-state index contributed by atoms with van der Waals surface area (Å²) in [4.78, 5) is 27.4. The van der Waals surface area contributed by atoms with Crippen molar-refractivity contribution in [2.45, 2.75) is 19.0 Å². The molecule has 3 rings (SSSR count). The number of rotatable bonds is 8. The Labute approximate surface area is 181 Å². The van der Waals surface area contributed by atoms with Crippen LogP contribution in [0, 0.1) is 18.2 Å². The fourth-order valence-corrected chi connectivity index (χ4v) is 3.23. The first kappa shape index (κ1) is 21.8. The smallest absolute Gasteiger partial charge is 0.251 e. The van der Waals surface area contributed by atoms with Crippen molar-refractivity contribution in [1.82, 2.24) is 10.2 Å². The molecule has 0 heterocycles. The van der Waals surface area contributed by atoms with E-state index in [0.29, 0.717) is 5.56 Å². The summed E-state index contributed by atoms with van der Waals surface area (Å²) in [5, 5.41) is 2.96. The molecule has 2 amide bonds. The maximum atomic E-state index is 13.2. The number of amides is 2. The molecule has 3 aromatic carbocycles. The number of nitrogens with one attached hydrogen (secondary N) is 1. The first-order valence-corrected chi connectivity index (χ1v) is 9.93. The Bertz CT molecular complexity index is 1040. The highest BCUT2D eigenvalue weighted by atomic mass is 19.1. The molecule has 0 radical (unpaired) electrons. The van der Waals surface area contributed by atoms with Gasteiger partial charge in [0.2, 0.25) is 5.91 Å². The molecule has 0 aromatic heterocycles. The third-order valence-corrected chi connectivity index (χ3v) is 4.84. The molecule has 0 fully saturated rings. The first-order valence-electron chi connectivity index (χ1n) is 9.93. The van der Waals surface area contributed by atoms with Gasteiger partial charge in [-0.15, -0.1) is 6.42 Å². The van der Waals surface area contributed by atoms with Crippen molar-refractivity contribution in [2.24, 2.45) is 0 Å². The van der Waals surface area contributed by atoms with E-state index in [2.05, 4.69) is 11.2 Å². The highest BCUT2D eigenvalue weighted by Gasteiger charge is 2.22.